The Balaban J connectivity index is 2.27. The fourth-order valence-electron chi connectivity index (χ4n) is 1.91. The van der Waals surface area contributed by atoms with Crippen LogP contribution in [0.1, 0.15) is 12.5 Å². The molecule has 6 heteroatoms. The van der Waals surface area contributed by atoms with E-state index >= 15 is 0 Å². The Labute approximate surface area is 122 Å². The van der Waals surface area contributed by atoms with Gasteiger partial charge in [-0.05, 0) is 30.3 Å². The first kappa shape index (κ1) is 15.4. The van der Waals surface area contributed by atoms with E-state index in [0.29, 0.717) is 5.69 Å². The average molecular weight is 311 g/mol. The van der Waals surface area contributed by atoms with Crippen LogP contribution in [0.25, 0.3) is 0 Å². The molecule has 0 amide bonds. The molecule has 112 valence electrons. The molecule has 1 N–H and O–H groups in total. The zero-order valence-corrected chi connectivity index (χ0v) is 12.3. The molecule has 0 saturated heterocycles. The van der Waals surface area contributed by atoms with Gasteiger partial charge in [0.25, 0.3) is 0 Å². The van der Waals surface area contributed by atoms with Crippen molar-refractivity contribution in [2.75, 3.05) is 11.1 Å². The maximum atomic E-state index is 13.5. The molecule has 0 aliphatic heterocycles. The van der Waals surface area contributed by atoms with Crippen molar-refractivity contribution in [1.82, 2.24) is 0 Å². The number of nitrogens with one attached hydrogen (secondary N) is 1. The Bertz CT molecular complexity index is 745. The molecule has 2 aromatic carbocycles. The van der Waals surface area contributed by atoms with Crippen LogP contribution in [0.4, 0.5) is 14.5 Å². The molecular formula is C15H15F2NO2S. The van der Waals surface area contributed by atoms with Crippen molar-refractivity contribution in [1.29, 1.82) is 0 Å². The topological polar surface area (TPSA) is 46.2 Å². The van der Waals surface area contributed by atoms with Crippen LogP contribution in [0, 0.1) is 11.6 Å². The van der Waals surface area contributed by atoms with Gasteiger partial charge in [0.1, 0.15) is 11.6 Å². The maximum absolute atomic E-state index is 13.5. The zero-order chi connectivity index (χ0) is 15.5. The number of rotatable bonds is 5. The van der Waals surface area contributed by atoms with Gasteiger partial charge in [0, 0.05) is 12.1 Å². The largest absolute Gasteiger partial charge is 0.380 e. The van der Waals surface area contributed by atoms with E-state index in [1.54, 1.807) is 25.1 Å². The lowest BCUT2D eigenvalue weighted by atomic mass is 10.2. The lowest BCUT2D eigenvalue weighted by molar-refractivity contribution is 0.587. The van der Waals surface area contributed by atoms with Crippen LogP contribution in [0.15, 0.2) is 47.4 Å². The normalized spacial score (nSPS) is 11.4. The Morgan fingerprint density at radius 3 is 2.52 bits per heavy atom. The number of hydrogen-bond donors (Lipinski definition) is 1. The van der Waals surface area contributed by atoms with Crippen LogP contribution in [0.5, 0.6) is 0 Å². The van der Waals surface area contributed by atoms with Crippen molar-refractivity contribution in [2.45, 2.75) is 18.4 Å². The summed E-state index contributed by atoms with van der Waals surface area (Å²) in [6.45, 7) is 1.55. The number of anilines is 1. The second-order valence-corrected chi connectivity index (χ2v) is 6.74. The summed E-state index contributed by atoms with van der Waals surface area (Å²) in [5, 5.41) is 2.85. The van der Waals surface area contributed by atoms with E-state index in [9.17, 15) is 17.2 Å². The van der Waals surface area contributed by atoms with Crippen molar-refractivity contribution in [3.8, 4) is 0 Å². The van der Waals surface area contributed by atoms with Crippen molar-refractivity contribution < 1.29 is 17.2 Å². The third kappa shape index (κ3) is 3.58. The average Bonchev–Trinajstić information content (AvgIpc) is 2.48. The SMILES string of the molecule is CCS(=O)(=O)c1ccccc1NCc1cc(F)ccc1F. The van der Waals surface area contributed by atoms with E-state index in [0.717, 1.165) is 18.2 Å². The highest BCUT2D eigenvalue weighted by atomic mass is 32.2. The first-order chi connectivity index (χ1) is 9.94. The van der Waals surface area contributed by atoms with E-state index in [1.807, 2.05) is 0 Å². The quantitative estimate of drug-likeness (QED) is 0.921. The Morgan fingerprint density at radius 2 is 1.81 bits per heavy atom. The smallest absolute Gasteiger partial charge is 0.180 e. The molecule has 0 aliphatic rings. The Morgan fingerprint density at radius 1 is 1.10 bits per heavy atom. The van der Waals surface area contributed by atoms with Gasteiger partial charge in [0.05, 0.1) is 16.3 Å². The summed E-state index contributed by atoms with van der Waals surface area (Å²) in [6.07, 6.45) is 0. The van der Waals surface area contributed by atoms with E-state index in [-0.39, 0.29) is 22.8 Å². The minimum absolute atomic E-state index is 0.000158. The van der Waals surface area contributed by atoms with Crippen molar-refractivity contribution >= 4 is 15.5 Å². The third-order valence-electron chi connectivity index (χ3n) is 3.08. The predicted molar refractivity (Wildman–Crippen MR) is 77.9 cm³/mol. The van der Waals surface area contributed by atoms with Gasteiger partial charge in [-0.15, -0.1) is 0 Å². The molecule has 0 aliphatic carbocycles. The van der Waals surface area contributed by atoms with E-state index in [1.165, 1.54) is 6.07 Å². The minimum Gasteiger partial charge on any atom is -0.380 e. The van der Waals surface area contributed by atoms with Crippen LogP contribution >= 0.6 is 0 Å². The summed E-state index contributed by atoms with van der Waals surface area (Å²) >= 11 is 0. The summed E-state index contributed by atoms with van der Waals surface area (Å²) in [4.78, 5) is 0.157. The molecule has 21 heavy (non-hydrogen) atoms. The van der Waals surface area contributed by atoms with Crippen LogP contribution in [0.2, 0.25) is 0 Å². The van der Waals surface area contributed by atoms with Gasteiger partial charge in [-0.3, -0.25) is 0 Å². The fourth-order valence-corrected chi connectivity index (χ4v) is 2.98. The van der Waals surface area contributed by atoms with Gasteiger partial charge in [-0.1, -0.05) is 19.1 Å². The molecule has 0 fully saturated rings. The first-order valence-corrected chi connectivity index (χ1v) is 8.09. The number of sulfone groups is 1. The van der Waals surface area contributed by atoms with Crippen LogP contribution in [-0.4, -0.2) is 14.2 Å². The highest BCUT2D eigenvalue weighted by Gasteiger charge is 2.16. The molecule has 0 heterocycles. The standard InChI is InChI=1S/C15H15F2NO2S/c1-2-21(19,20)15-6-4-3-5-14(15)18-10-11-9-12(16)7-8-13(11)17/h3-9,18H,2,10H2,1H3. The molecule has 0 bridgehead atoms. The van der Waals surface area contributed by atoms with Crippen LogP contribution < -0.4 is 5.32 Å². The van der Waals surface area contributed by atoms with Crippen molar-refractivity contribution in [3.05, 3.63) is 59.7 Å². The summed E-state index contributed by atoms with van der Waals surface area (Å²) in [7, 11) is -3.38. The van der Waals surface area contributed by atoms with Gasteiger partial charge in [0.15, 0.2) is 9.84 Å². The molecule has 2 aromatic rings. The molecule has 0 spiro atoms. The highest BCUT2D eigenvalue weighted by molar-refractivity contribution is 7.91. The van der Waals surface area contributed by atoms with Crippen LogP contribution in [-0.2, 0) is 16.4 Å². The summed E-state index contributed by atoms with van der Waals surface area (Å²) in [5.41, 5.74) is 0.515. The molecule has 0 radical (unpaired) electrons. The maximum Gasteiger partial charge on any atom is 0.180 e. The second-order valence-electron chi connectivity index (χ2n) is 4.49. The lowest BCUT2D eigenvalue weighted by Crippen LogP contribution is -2.09. The molecule has 0 unspecified atom stereocenters. The predicted octanol–water partition coefficient (Wildman–Crippen LogP) is 3.37. The second kappa shape index (κ2) is 6.22. The molecule has 0 saturated carbocycles. The monoisotopic (exact) mass is 311 g/mol. The van der Waals surface area contributed by atoms with E-state index < -0.39 is 21.5 Å². The summed E-state index contributed by atoms with van der Waals surface area (Å²) in [6, 6.07) is 9.55. The highest BCUT2D eigenvalue weighted by Crippen LogP contribution is 2.23. The van der Waals surface area contributed by atoms with Gasteiger partial charge in [-0.2, -0.15) is 0 Å². The summed E-state index contributed by atoms with van der Waals surface area (Å²) in [5.74, 6) is -1.11. The van der Waals surface area contributed by atoms with Crippen LogP contribution in [0.3, 0.4) is 0 Å². The Kier molecular flexibility index (Phi) is 4.57. The molecular weight excluding hydrogens is 296 g/mol. The van der Waals surface area contributed by atoms with Gasteiger partial charge in [0.2, 0.25) is 0 Å². The van der Waals surface area contributed by atoms with Gasteiger partial charge in [-0.25, -0.2) is 17.2 Å². The third-order valence-corrected chi connectivity index (χ3v) is 4.87. The zero-order valence-electron chi connectivity index (χ0n) is 11.4. The Hall–Kier alpha value is -1.95. The van der Waals surface area contributed by atoms with Crippen molar-refractivity contribution in [3.63, 3.8) is 0 Å². The minimum atomic E-state index is -3.38. The van der Waals surface area contributed by atoms with Gasteiger partial charge < -0.3 is 5.32 Å². The first-order valence-electron chi connectivity index (χ1n) is 6.43. The number of benzene rings is 2. The number of hydrogen-bond acceptors (Lipinski definition) is 3. The number of halogens is 2. The molecule has 3 nitrogen and oxygen atoms in total. The molecule has 0 aromatic heterocycles. The summed E-state index contributed by atoms with van der Waals surface area (Å²) < 4.78 is 50.6. The molecule has 2 rings (SSSR count). The van der Waals surface area contributed by atoms with Crippen molar-refractivity contribution in [2.24, 2.45) is 0 Å². The van der Waals surface area contributed by atoms with E-state index in [2.05, 4.69) is 5.32 Å². The molecule has 0 atom stereocenters. The number of para-hydroxylation sites is 1. The van der Waals surface area contributed by atoms with Gasteiger partial charge >= 0.3 is 0 Å². The van der Waals surface area contributed by atoms with E-state index in [4.69, 9.17) is 0 Å². The fraction of sp³-hybridized carbons (Fsp3) is 0.200. The lowest BCUT2D eigenvalue weighted by Gasteiger charge is -2.12.